The predicted molar refractivity (Wildman–Crippen MR) is 129 cm³/mol. The van der Waals surface area contributed by atoms with Gasteiger partial charge in [-0.25, -0.2) is 0 Å². The molecule has 33 heavy (non-hydrogen) atoms. The monoisotopic (exact) mass is 455 g/mol. The molecule has 1 unspecified atom stereocenters. The molecule has 1 aromatic carbocycles. The molecular formula is C26H37N3O4. The fraction of sp³-hybridized carbons (Fsp3) is 0.615. The summed E-state index contributed by atoms with van der Waals surface area (Å²) < 4.78 is 17.2. The van der Waals surface area contributed by atoms with Gasteiger partial charge in [-0.05, 0) is 62.8 Å². The number of aromatic nitrogens is 2. The number of aliphatic hydroxyl groups excluding tert-OH is 1. The first-order valence-electron chi connectivity index (χ1n) is 12.1. The summed E-state index contributed by atoms with van der Waals surface area (Å²) in [5.74, 6) is 1.56. The van der Waals surface area contributed by atoms with E-state index in [1.54, 1.807) is 7.11 Å². The molecule has 3 aliphatic rings. The molecule has 1 atom stereocenters. The number of fused-ring (bicyclic) bond motifs is 1. The van der Waals surface area contributed by atoms with Gasteiger partial charge in [-0.2, -0.15) is 0 Å². The predicted octanol–water partition coefficient (Wildman–Crippen LogP) is 4.95. The first-order valence-corrected chi connectivity index (χ1v) is 12.1. The van der Waals surface area contributed by atoms with Gasteiger partial charge in [-0.3, -0.25) is 0 Å². The summed E-state index contributed by atoms with van der Waals surface area (Å²) in [6, 6.07) is 6.15. The molecule has 2 fully saturated rings. The maximum Gasteiger partial charge on any atom is 0.188 e. The van der Waals surface area contributed by atoms with Crippen LogP contribution in [0.25, 0.3) is 11.3 Å². The molecule has 2 aliphatic carbocycles. The number of nitrogens with one attached hydrogen (secondary N) is 1. The third-order valence-electron chi connectivity index (χ3n) is 6.79. The number of anilines is 1. The highest BCUT2D eigenvalue weighted by Gasteiger charge is 2.50. The highest BCUT2D eigenvalue weighted by molar-refractivity contribution is 5.74. The lowest BCUT2D eigenvalue weighted by Crippen LogP contribution is -2.28. The van der Waals surface area contributed by atoms with Crippen LogP contribution in [0.5, 0.6) is 5.75 Å². The van der Waals surface area contributed by atoms with Crippen molar-refractivity contribution in [3.05, 3.63) is 34.9 Å². The Bertz CT molecular complexity index is 955. The van der Waals surface area contributed by atoms with Crippen LogP contribution >= 0.6 is 0 Å². The molecule has 2 saturated carbocycles. The normalized spacial score (nSPS) is 21.1. The zero-order valence-corrected chi connectivity index (χ0v) is 20.3. The van der Waals surface area contributed by atoms with E-state index in [2.05, 4.69) is 34.6 Å². The molecule has 0 saturated heterocycles. The SMILES string of the molecule is CNc1nnc(-c2ccc(C)cc2OCOC)c2c1C(C)OC1(CC1)C2.OC1CCCCC1. The van der Waals surface area contributed by atoms with Crippen LogP contribution in [0.1, 0.15) is 74.7 Å². The second-order valence-corrected chi connectivity index (χ2v) is 9.50. The Morgan fingerprint density at radius 3 is 2.55 bits per heavy atom. The fourth-order valence-corrected chi connectivity index (χ4v) is 4.88. The molecule has 1 aliphatic heterocycles. The average molecular weight is 456 g/mol. The van der Waals surface area contributed by atoms with E-state index in [1.165, 1.54) is 24.8 Å². The van der Waals surface area contributed by atoms with E-state index in [1.807, 2.05) is 20.0 Å². The molecule has 180 valence electrons. The molecule has 2 N–H and O–H groups in total. The van der Waals surface area contributed by atoms with Gasteiger partial charge in [-0.1, -0.05) is 25.3 Å². The lowest BCUT2D eigenvalue weighted by Gasteiger charge is -2.32. The van der Waals surface area contributed by atoms with Gasteiger partial charge in [0, 0.05) is 31.7 Å². The van der Waals surface area contributed by atoms with E-state index < -0.39 is 0 Å². The van der Waals surface area contributed by atoms with Crippen molar-refractivity contribution in [3.8, 4) is 17.0 Å². The molecule has 0 radical (unpaired) electrons. The maximum atomic E-state index is 8.91. The van der Waals surface area contributed by atoms with Crippen LogP contribution in [-0.2, 0) is 15.9 Å². The Hall–Kier alpha value is -2.22. The van der Waals surface area contributed by atoms with Crippen LogP contribution in [0.15, 0.2) is 18.2 Å². The second-order valence-electron chi connectivity index (χ2n) is 9.50. The molecule has 7 nitrogen and oxygen atoms in total. The zero-order valence-electron chi connectivity index (χ0n) is 20.3. The van der Waals surface area contributed by atoms with Gasteiger partial charge in [0.25, 0.3) is 0 Å². The fourth-order valence-electron chi connectivity index (χ4n) is 4.88. The maximum absolute atomic E-state index is 8.91. The Labute approximate surface area is 196 Å². The van der Waals surface area contributed by atoms with Crippen LogP contribution in [0, 0.1) is 6.92 Å². The van der Waals surface area contributed by atoms with E-state index in [0.29, 0.717) is 0 Å². The van der Waals surface area contributed by atoms with Crippen molar-refractivity contribution >= 4 is 5.82 Å². The van der Waals surface area contributed by atoms with E-state index in [9.17, 15) is 0 Å². The number of hydrogen-bond donors (Lipinski definition) is 2. The Balaban J connectivity index is 0.000000318. The number of aliphatic hydroxyl groups is 1. The highest BCUT2D eigenvalue weighted by atomic mass is 16.7. The van der Waals surface area contributed by atoms with E-state index in [0.717, 1.165) is 66.1 Å². The first kappa shape index (κ1) is 23.9. The highest BCUT2D eigenvalue weighted by Crippen LogP contribution is 2.53. The van der Waals surface area contributed by atoms with Crippen LogP contribution in [0.4, 0.5) is 5.82 Å². The van der Waals surface area contributed by atoms with Gasteiger partial charge in [0.1, 0.15) is 11.4 Å². The van der Waals surface area contributed by atoms with Crippen molar-refractivity contribution in [3.63, 3.8) is 0 Å². The largest absolute Gasteiger partial charge is 0.467 e. The van der Waals surface area contributed by atoms with Gasteiger partial charge >= 0.3 is 0 Å². The van der Waals surface area contributed by atoms with Gasteiger partial charge in [0.15, 0.2) is 12.6 Å². The molecule has 0 amide bonds. The number of aryl methyl sites for hydroxylation is 1. The molecule has 1 aromatic heterocycles. The summed E-state index contributed by atoms with van der Waals surface area (Å²) >= 11 is 0. The summed E-state index contributed by atoms with van der Waals surface area (Å²) in [6.07, 6.45) is 8.99. The topological polar surface area (TPSA) is 85.7 Å². The third kappa shape index (κ3) is 5.48. The number of ether oxygens (including phenoxy) is 3. The van der Waals surface area contributed by atoms with Crippen LogP contribution < -0.4 is 10.1 Å². The van der Waals surface area contributed by atoms with Crippen LogP contribution in [0.2, 0.25) is 0 Å². The van der Waals surface area contributed by atoms with Crippen LogP contribution in [0.3, 0.4) is 0 Å². The number of benzene rings is 1. The zero-order chi connectivity index (χ0) is 23.4. The summed E-state index contributed by atoms with van der Waals surface area (Å²) in [6.45, 7) is 4.34. The van der Waals surface area contributed by atoms with Crippen molar-refractivity contribution < 1.29 is 19.3 Å². The number of rotatable bonds is 5. The van der Waals surface area contributed by atoms with Crippen molar-refractivity contribution in [2.45, 2.75) is 83.0 Å². The lowest BCUT2D eigenvalue weighted by molar-refractivity contribution is -0.0338. The number of nitrogens with zero attached hydrogens (tertiary/aromatic N) is 2. The molecule has 2 aromatic rings. The molecule has 0 bridgehead atoms. The average Bonchev–Trinajstić information content (AvgIpc) is 3.56. The standard InChI is InChI=1S/C20H25N3O3.C6H12O/c1-12-5-6-14(16(9-12)25-11-24-4)18-15-10-20(7-8-20)26-13(2)17(15)19(21-3)23-22-18;7-6-4-2-1-3-5-6/h5-6,9,13H,7-8,10-11H2,1-4H3,(H,21,23);6-7H,1-5H2. The first-order chi connectivity index (χ1) is 16.0. The quantitative estimate of drug-likeness (QED) is 0.617. The number of methoxy groups -OCH3 is 1. The van der Waals surface area contributed by atoms with Gasteiger partial charge < -0.3 is 24.6 Å². The summed E-state index contributed by atoms with van der Waals surface area (Å²) in [5.41, 5.74) is 5.26. The summed E-state index contributed by atoms with van der Waals surface area (Å²) in [4.78, 5) is 0. The van der Waals surface area contributed by atoms with E-state index in [-0.39, 0.29) is 24.6 Å². The summed E-state index contributed by atoms with van der Waals surface area (Å²) in [7, 11) is 3.49. The lowest BCUT2D eigenvalue weighted by atomic mass is 9.90. The van der Waals surface area contributed by atoms with Gasteiger partial charge in [-0.15, -0.1) is 10.2 Å². The molecule has 7 heteroatoms. The van der Waals surface area contributed by atoms with Crippen LogP contribution in [-0.4, -0.2) is 48.0 Å². The number of hydrogen-bond acceptors (Lipinski definition) is 7. The van der Waals surface area contributed by atoms with Crippen molar-refractivity contribution in [2.75, 3.05) is 26.3 Å². The molecule has 5 rings (SSSR count). The Morgan fingerprint density at radius 2 is 1.94 bits per heavy atom. The van der Waals surface area contributed by atoms with E-state index >= 15 is 0 Å². The molecule has 1 spiro atoms. The summed E-state index contributed by atoms with van der Waals surface area (Å²) in [5, 5.41) is 21.1. The van der Waals surface area contributed by atoms with Crippen molar-refractivity contribution in [1.29, 1.82) is 0 Å². The second kappa shape index (κ2) is 10.4. The van der Waals surface area contributed by atoms with E-state index in [4.69, 9.17) is 19.3 Å². The third-order valence-corrected chi connectivity index (χ3v) is 6.79. The minimum Gasteiger partial charge on any atom is -0.467 e. The molecular weight excluding hydrogens is 418 g/mol. The Kier molecular flexibility index (Phi) is 7.51. The van der Waals surface area contributed by atoms with Crippen molar-refractivity contribution in [1.82, 2.24) is 10.2 Å². The van der Waals surface area contributed by atoms with Gasteiger partial charge in [0.05, 0.1) is 17.8 Å². The Morgan fingerprint density at radius 1 is 1.18 bits per heavy atom. The smallest absolute Gasteiger partial charge is 0.188 e. The molecule has 2 heterocycles. The minimum atomic E-state index is -0.0204. The van der Waals surface area contributed by atoms with Crippen molar-refractivity contribution in [2.24, 2.45) is 0 Å². The van der Waals surface area contributed by atoms with Gasteiger partial charge in [0.2, 0.25) is 0 Å². The minimum absolute atomic E-state index is 0.00765.